The number of hydrogen-bond acceptors (Lipinski definition) is 2. The number of unbranched alkanes of at least 4 members (excludes halogenated alkanes) is 7. The predicted molar refractivity (Wildman–Crippen MR) is 136 cm³/mol. The van der Waals surface area contributed by atoms with E-state index in [1.807, 2.05) is 24.3 Å². The van der Waals surface area contributed by atoms with E-state index in [4.69, 9.17) is 17.0 Å². The summed E-state index contributed by atoms with van der Waals surface area (Å²) in [6.45, 7) is 5.29. The Morgan fingerprint density at radius 1 is 0.833 bits per heavy atom. The van der Waals surface area contributed by atoms with Gasteiger partial charge < -0.3 is 4.74 Å². The van der Waals surface area contributed by atoms with E-state index in [0.29, 0.717) is 0 Å². The minimum atomic E-state index is 0.807. The van der Waals surface area contributed by atoms with Gasteiger partial charge in [0.2, 0.25) is 0 Å². The second-order valence-corrected chi connectivity index (χ2v) is 8.44. The first-order valence-corrected chi connectivity index (χ1v) is 12.2. The van der Waals surface area contributed by atoms with Crippen molar-refractivity contribution in [1.82, 2.24) is 0 Å². The lowest BCUT2D eigenvalue weighted by atomic mass is 10.0. The van der Waals surface area contributed by atoms with Gasteiger partial charge in [0.25, 0.3) is 0 Å². The molecule has 2 heteroatoms. The first-order valence-electron chi connectivity index (χ1n) is 11.8. The average Bonchev–Trinajstić information content (AvgIpc) is 2.78. The van der Waals surface area contributed by atoms with Gasteiger partial charge in [-0.05, 0) is 41.7 Å². The minimum absolute atomic E-state index is 0.807. The molecule has 1 nitrogen and oxygen atoms in total. The molecular formula is C28H38OS. The molecule has 0 radical (unpaired) electrons. The fraction of sp³-hybridized carbons (Fsp3) is 0.464. The van der Waals surface area contributed by atoms with Crippen LogP contribution in [-0.4, -0.2) is 11.5 Å². The van der Waals surface area contributed by atoms with Crippen LogP contribution in [0.3, 0.4) is 0 Å². The van der Waals surface area contributed by atoms with E-state index in [9.17, 15) is 0 Å². The van der Waals surface area contributed by atoms with E-state index in [2.05, 4.69) is 50.3 Å². The Bertz CT molecular complexity index is 763. The van der Waals surface area contributed by atoms with Gasteiger partial charge in [-0.2, -0.15) is 0 Å². The monoisotopic (exact) mass is 422 g/mol. The predicted octanol–water partition coefficient (Wildman–Crippen LogP) is 8.59. The maximum absolute atomic E-state index is 6.20. The van der Waals surface area contributed by atoms with E-state index in [1.54, 1.807) is 0 Å². The van der Waals surface area contributed by atoms with Crippen molar-refractivity contribution >= 4 is 23.2 Å². The van der Waals surface area contributed by atoms with Crippen LogP contribution >= 0.6 is 12.2 Å². The summed E-state index contributed by atoms with van der Waals surface area (Å²) in [5.74, 6) is 1.03. The standard InChI is InChI=1S/C28H38OS/c1-3-5-6-7-8-9-10-14-22-29-27-23-24(18-20-25(27)15-4-2)19-21-28(30)26-16-12-11-13-17-26/h11-13,16-21,23H,3-10,14-15,22H2,1-2H3. The lowest BCUT2D eigenvalue weighted by Gasteiger charge is -2.12. The molecule has 162 valence electrons. The van der Waals surface area contributed by atoms with Gasteiger partial charge in [0.05, 0.1) is 6.61 Å². The van der Waals surface area contributed by atoms with Gasteiger partial charge in [-0.1, -0.05) is 126 Å². The van der Waals surface area contributed by atoms with Crippen LogP contribution in [-0.2, 0) is 6.42 Å². The molecule has 0 saturated carbocycles. The molecule has 0 aliphatic heterocycles. The summed E-state index contributed by atoms with van der Waals surface area (Å²) >= 11 is 5.55. The molecule has 0 spiro atoms. The molecular weight excluding hydrogens is 384 g/mol. The quantitative estimate of drug-likeness (QED) is 0.123. The van der Waals surface area contributed by atoms with Crippen molar-refractivity contribution in [2.24, 2.45) is 0 Å². The average molecular weight is 423 g/mol. The zero-order valence-electron chi connectivity index (χ0n) is 18.9. The van der Waals surface area contributed by atoms with Gasteiger partial charge >= 0.3 is 0 Å². The number of ether oxygens (including phenoxy) is 1. The molecule has 0 N–H and O–H groups in total. The second-order valence-electron chi connectivity index (χ2n) is 8.00. The molecule has 0 aromatic heterocycles. The van der Waals surface area contributed by atoms with Crippen LogP contribution in [0.4, 0.5) is 0 Å². The number of hydrogen-bond donors (Lipinski definition) is 0. The molecule has 0 aliphatic carbocycles. The van der Waals surface area contributed by atoms with Crippen molar-refractivity contribution in [1.29, 1.82) is 0 Å². The minimum Gasteiger partial charge on any atom is -0.493 e. The SMILES string of the molecule is CCCCCCCCCCOc1cc(C=CC(=S)c2ccccc2)ccc1CCC. The first-order chi connectivity index (χ1) is 14.7. The summed E-state index contributed by atoms with van der Waals surface area (Å²) < 4.78 is 6.20. The highest BCUT2D eigenvalue weighted by Crippen LogP contribution is 2.24. The van der Waals surface area contributed by atoms with E-state index in [-0.39, 0.29) is 0 Å². The highest BCUT2D eigenvalue weighted by atomic mass is 32.1. The van der Waals surface area contributed by atoms with Crippen LogP contribution in [0.5, 0.6) is 5.75 Å². The fourth-order valence-electron chi connectivity index (χ4n) is 3.57. The molecule has 2 aromatic rings. The summed E-state index contributed by atoms with van der Waals surface area (Å²) in [6, 6.07) is 16.7. The Morgan fingerprint density at radius 2 is 1.53 bits per heavy atom. The number of rotatable bonds is 15. The van der Waals surface area contributed by atoms with E-state index in [0.717, 1.165) is 47.6 Å². The first kappa shape index (κ1) is 24.3. The van der Waals surface area contributed by atoms with Crippen molar-refractivity contribution in [2.45, 2.75) is 78.1 Å². The van der Waals surface area contributed by atoms with Crippen molar-refractivity contribution < 1.29 is 4.74 Å². The topological polar surface area (TPSA) is 9.23 Å². The van der Waals surface area contributed by atoms with Crippen LogP contribution < -0.4 is 4.74 Å². The maximum Gasteiger partial charge on any atom is 0.123 e. The van der Waals surface area contributed by atoms with E-state index in [1.165, 1.54) is 50.5 Å². The second kappa shape index (κ2) is 15.0. The molecule has 0 fully saturated rings. The van der Waals surface area contributed by atoms with Crippen LogP contribution in [0, 0.1) is 0 Å². The van der Waals surface area contributed by atoms with Crippen molar-refractivity contribution in [3.05, 3.63) is 71.3 Å². The summed E-state index contributed by atoms with van der Waals surface area (Å²) in [5, 5.41) is 0. The summed E-state index contributed by atoms with van der Waals surface area (Å²) in [4.78, 5) is 0.856. The van der Waals surface area contributed by atoms with Gasteiger partial charge in [0.15, 0.2) is 0 Å². The van der Waals surface area contributed by atoms with Crippen molar-refractivity contribution in [2.75, 3.05) is 6.61 Å². The Balaban J connectivity index is 1.86. The van der Waals surface area contributed by atoms with Crippen LogP contribution in [0.25, 0.3) is 6.08 Å². The maximum atomic E-state index is 6.20. The highest BCUT2D eigenvalue weighted by molar-refractivity contribution is 7.81. The van der Waals surface area contributed by atoms with Crippen LogP contribution in [0.2, 0.25) is 0 Å². The molecule has 2 aromatic carbocycles. The largest absolute Gasteiger partial charge is 0.493 e. The van der Waals surface area contributed by atoms with Crippen LogP contribution in [0.1, 0.15) is 88.3 Å². The fourth-order valence-corrected chi connectivity index (χ4v) is 3.78. The smallest absolute Gasteiger partial charge is 0.123 e. The summed E-state index contributed by atoms with van der Waals surface area (Å²) in [7, 11) is 0. The molecule has 0 saturated heterocycles. The number of aryl methyl sites for hydroxylation is 1. The Kier molecular flexibility index (Phi) is 12.1. The lowest BCUT2D eigenvalue weighted by molar-refractivity contribution is 0.301. The molecule has 0 amide bonds. The molecule has 0 bridgehead atoms. The molecule has 0 unspecified atom stereocenters. The molecule has 0 atom stereocenters. The number of thiocarbonyl (C=S) groups is 1. The summed E-state index contributed by atoms with van der Waals surface area (Å²) in [5.41, 5.74) is 3.52. The van der Waals surface area contributed by atoms with Crippen molar-refractivity contribution in [3.63, 3.8) is 0 Å². The van der Waals surface area contributed by atoms with Gasteiger partial charge in [0.1, 0.15) is 5.75 Å². The molecule has 0 heterocycles. The van der Waals surface area contributed by atoms with Gasteiger partial charge in [-0.3, -0.25) is 0 Å². The number of allylic oxidation sites excluding steroid dienone is 1. The van der Waals surface area contributed by atoms with Crippen molar-refractivity contribution in [3.8, 4) is 5.75 Å². The molecule has 0 aliphatic rings. The van der Waals surface area contributed by atoms with E-state index >= 15 is 0 Å². The van der Waals surface area contributed by atoms with Gasteiger partial charge in [-0.25, -0.2) is 0 Å². The zero-order chi connectivity index (χ0) is 21.4. The third-order valence-corrected chi connectivity index (χ3v) is 5.72. The van der Waals surface area contributed by atoms with Gasteiger partial charge in [-0.15, -0.1) is 0 Å². The third kappa shape index (κ3) is 9.26. The van der Waals surface area contributed by atoms with Gasteiger partial charge in [0, 0.05) is 4.86 Å². The third-order valence-electron chi connectivity index (χ3n) is 5.35. The Labute approximate surface area is 189 Å². The Morgan fingerprint density at radius 3 is 2.23 bits per heavy atom. The lowest BCUT2D eigenvalue weighted by Crippen LogP contribution is -2.01. The Hall–Kier alpha value is -1.93. The van der Waals surface area contributed by atoms with Crippen LogP contribution in [0.15, 0.2) is 54.6 Å². The highest BCUT2D eigenvalue weighted by Gasteiger charge is 2.05. The number of benzene rings is 2. The zero-order valence-corrected chi connectivity index (χ0v) is 19.7. The molecule has 30 heavy (non-hydrogen) atoms. The summed E-state index contributed by atoms with van der Waals surface area (Å²) in [6.07, 6.45) is 16.9. The molecule has 2 rings (SSSR count). The van der Waals surface area contributed by atoms with E-state index < -0.39 is 0 Å². The normalized spacial score (nSPS) is 11.1.